The van der Waals surface area contributed by atoms with Gasteiger partial charge in [0.1, 0.15) is 0 Å². The Hall–Kier alpha value is -2.17. The average Bonchev–Trinajstić information content (AvgIpc) is 2.17. The third-order valence-electron chi connectivity index (χ3n) is 1.66. The number of amides is 1. The van der Waals surface area contributed by atoms with Crippen LogP contribution >= 0.6 is 0 Å². The van der Waals surface area contributed by atoms with E-state index in [0.29, 0.717) is 5.69 Å². The van der Waals surface area contributed by atoms with Gasteiger partial charge in [0.25, 0.3) is 5.78 Å². The minimum absolute atomic E-state index is 0.0802. The van der Waals surface area contributed by atoms with Gasteiger partial charge in [0.15, 0.2) is 0 Å². The zero-order valence-electron chi connectivity index (χ0n) is 7.98. The minimum atomic E-state index is -1.50. The molecule has 1 rings (SSSR count). The van der Waals surface area contributed by atoms with Gasteiger partial charge in [-0.2, -0.15) is 0 Å². The fraction of sp³-hybridized carbons (Fsp3) is 0.100. The van der Waals surface area contributed by atoms with Crippen LogP contribution in [0.1, 0.15) is 17.3 Å². The number of carboxylic acid groups (broad SMARTS) is 1. The highest BCUT2D eigenvalue weighted by molar-refractivity contribution is 6.39. The summed E-state index contributed by atoms with van der Waals surface area (Å²) < 4.78 is 0. The van der Waals surface area contributed by atoms with Gasteiger partial charge in [-0.05, 0) is 24.3 Å². The molecule has 0 fully saturated rings. The van der Waals surface area contributed by atoms with E-state index in [2.05, 4.69) is 5.32 Å². The smallest absolute Gasteiger partial charge is 0.377 e. The molecule has 0 spiro atoms. The fourth-order valence-corrected chi connectivity index (χ4v) is 1.03. The lowest BCUT2D eigenvalue weighted by molar-refractivity contribution is -0.131. The standard InChI is InChI=1S/C10H9NO4/c1-6(12)11-8-4-2-7(3-5-8)9(13)10(14)15/h2-5H,1H3,(H,11,12)(H,14,15). The zero-order valence-corrected chi connectivity index (χ0v) is 7.98. The molecule has 0 heterocycles. The molecular formula is C10H9NO4. The average molecular weight is 207 g/mol. The topological polar surface area (TPSA) is 83.5 Å². The predicted octanol–water partition coefficient (Wildman–Crippen LogP) is 0.912. The van der Waals surface area contributed by atoms with Crippen LogP contribution in [0, 0.1) is 0 Å². The lowest BCUT2D eigenvalue weighted by atomic mass is 10.1. The van der Waals surface area contributed by atoms with E-state index in [0.717, 1.165) is 0 Å². The van der Waals surface area contributed by atoms with E-state index in [9.17, 15) is 14.4 Å². The van der Waals surface area contributed by atoms with Crippen LogP contribution in [0.4, 0.5) is 5.69 Å². The Labute approximate surface area is 85.7 Å². The van der Waals surface area contributed by atoms with E-state index < -0.39 is 11.8 Å². The summed E-state index contributed by atoms with van der Waals surface area (Å²) in [6, 6.07) is 5.64. The Bertz CT molecular complexity index is 408. The monoisotopic (exact) mass is 207 g/mol. The van der Waals surface area contributed by atoms with E-state index >= 15 is 0 Å². The van der Waals surface area contributed by atoms with E-state index in [1.54, 1.807) is 0 Å². The first-order chi connectivity index (χ1) is 7.00. The number of hydrogen-bond acceptors (Lipinski definition) is 3. The van der Waals surface area contributed by atoms with Crippen molar-refractivity contribution in [2.24, 2.45) is 0 Å². The Morgan fingerprint density at radius 3 is 2.07 bits per heavy atom. The van der Waals surface area contributed by atoms with Crippen molar-refractivity contribution in [2.75, 3.05) is 5.32 Å². The van der Waals surface area contributed by atoms with Crippen molar-refractivity contribution in [1.82, 2.24) is 0 Å². The van der Waals surface area contributed by atoms with Crippen molar-refractivity contribution in [3.8, 4) is 0 Å². The molecule has 5 heteroatoms. The summed E-state index contributed by atoms with van der Waals surface area (Å²) in [6.45, 7) is 1.36. The molecule has 0 atom stereocenters. The second-order valence-corrected chi connectivity index (χ2v) is 2.89. The molecule has 1 amide bonds. The predicted molar refractivity (Wildman–Crippen MR) is 52.7 cm³/mol. The number of rotatable bonds is 3. The first kappa shape index (κ1) is 10.9. The summed E-state index contributed by atoms with van der Waals surface area (Å²) >= 11 is 0. The van der Waals surface area contributed by atoms with E-state index in [4.69, 9.17) is 5.11 Å². The van der Waals surface area contributed by atoms with Gasteiger partial charge in [-0.15, -0.1) is 0 Å². The van der Waals surface area contributed by atoms with Crippen LogP contribution in [0.2, 0.25) is 0 Å². The normalized spacial score (nSPS) is 9.40. The lowest BCUT2D eigenvalue weighted by Crippen LogP contribution is -2.12. The molecule has 0 radical (unpaired) electrons. The highest BCUT2D eigenvalue weighted by Gasteiger charge is 2.13. The van der Waals surface area contributed by atoms with Crippen LogP contribution in [0.5, 0.6) is 0 Å². The lowest BCUT2D eigenvalue weighted by Gasteiger charge is -2.01. The molecule has 0 aromatic heterocycles. The summed E-state index contributed by atoms with van der Waals surface area (Å²) in [4.78, 5) is 32.0. The van der Waals surface area contributed by atoms with Gasteiger partial charge >= 0.3 is 5.97 Å². The van der Waals surface area contributed by atoms with Crippen molar-refractivity contribution in [3.63, 3.8) is 0 Å². The molecule has 0 bridgehead atoms. The second kappa shape index (κ2) is 4.36. The van der Waals surface area contributed by atoms with Crippen LogP contribution in [0.3, 0.4) is 0 Å². The Kier molecular flexibility index (Phi) is 3.17. The first-order valence-corrected chi connectivity index (χ1v) is 4.16. The second-order valence-electron chi connectivity index (χ2n) is 2.89. The molecule has 15 heavy (non-hydrogen) atoms. The Balaban J connectivity index is 2.85. The number of anilines is 1. The molecule has 1 aromatic rings. The Morgan fingerprint density at radius 1 is 1.13 bits per heavy atom. The van der Waals surface area contributed by atoms with Crippen LogP contribution in [0.25, 0.3) is 0 Å². The molecule has 2 N–H and O–H groups in total. The number of ketones is 1. The molecule has 5 nitrogen and oxygen atoms in total. The number of aliphatic carboxylic acids is 1. The summed E-state index contributed by atoms with van der Waals surface area (Å²) in [7, 11) is 0. The van der Waals surface area contributed by atoms with Gasteiger partial charge in [-0.1, -0.05) is 0 Å². The number of nitrogens with one attached hydrogen (secondary N) is 1. The van der Waals surface area contributed by atoms with Crippen LogP contribution in [-0.2, 0) is 9.59 Å². The molecule has 0 aliphatic heterocycles. The van der Waals surface area contributed by atoms with Crippen molar-refractivity contribution in [3.05, 3.63) is 29.8 Å². The van der Waals surface area contributed by atoms with Gasteiger partial charge in [-0.25, -0.2) is 4.79 Å². The quantitative estimate of drug-likeness (QED) is 0.570. The molecule has 78 valence electrons. The van der Waals surface area contributed by atoms with Crippen molar-refractivity contribution >= 4 is 23.3 Å². The van der Waals surface area contributed by atoms with Gasteiger partial charge in [0, 0.05) is 18.2 Å². The molecule has 0 aliphatic rings. The highest BCUT2D eigenvalue weighted by Crippen LogP contribution is 2.09. The summed E-state index contributed by atoms with van der Waals surface area (Å²) in [6.07, 6.45) is 0. The first-order valence-electron chi connectivity index (χ1n) is 4.16. The third kappa shape index (κ3) is 2.91. The van der Waals surface area contributed by atoms with Crippen LogP contribution in [0.15, 0.2) is 24.3 Å². The third-order valence-corrected chi connectivity index (χ3v) is 1.66. The number of benzene rings is 1. The number of carbonyl (C=O) groups is 3. The number of carboxylic acids is 1. The number of carbonyl (C=O) groups excluding carboxylic acids is 2. The highest BCUT2D eigenvalue weighted by atomic mass is 16.4. The SMILES string of the molecule is CC(=O)Nc1ccc(C(=O)C(=O)O)cc1. The molecule has 0 unspecified atom stereocenters. The van der Waals surface area contributed by atoms with E-state index in [1.165, 1.54) is 31.2 Å². The maximum Gasteiger partial charge on any atom is 0.377 e. The molecule has 0 saturated heterocycles. The molecule has 0 aliphatic carbocycles. The van der Waals surface area contributed by atoms with Crippen LogP contribution < -0.4 is 5.32 Å². The number of Topliss-reactive ketones (excluding diaryl/α,β-unsaturated/α-hetero) is 1. The fourth-order valence-electron chi connectivity index (χ4n) is 1.03. The zero-order chi connectivity index (χ0) is 11.4. The van der Waals surface area contributed by atoms with Gasteiger partial charge in [0.05, 0.1) is 0 Å². The summed E-state index contributed by atoms with van der Waals surface area (Å²) in [5.41, 5.74) is 0.598. The maximum atomic E-state index is 11.0. The van der Waals surface area contributed by atoms with E-state index in [1.807, 2.05) is 0 Å². The maximum absolute atomic E-state index is 11.0. The minimum Gasteiger partial charge on any atom is -0.475 e. The van der Waals surface area contributed by atoms with Gasteiger partial charge in [0.2, 0.25) is 5.91 Å². The molecule has 1 aromatic carbocycles. The van der Waals surface area contributed by atoms with E-state index in [-0.39, 0.29) is 11.5 Å². The summed E-state index contributed by atoms with van der Waals surface area (Å²) in [5, 5.41) is 10.9. The van der Waals surface area contributed by atoms with Gasteiger partial charge < -0.3 is 10.4 Å². The molecular weight excluding hydrogens is 198 g/mol. The van der Waals surface area contributed by atoms with Gasteiger partial charge in [-0.3, -0.25) is 9.59 Å². The summed E-state index contributed by atoms with van der Waals surface area (Å²) in [5.74, 6) is -2.70. The number of hydrogen-bond donors (Lipinski definition) is 2. The molecule has 0 saturated carbocycles. The Morgan fingerprint density at radius 2 is 1.67 bits per heavy atom. The van der Waals surface area contributed by atoms with Crippen molar-refractivity contribution in [1.29, 1.82) is 0 Å². The van der Waals surface area contributed by atoms with Crippen LogP contribution in [-0.4, -0.2) is 22.8 Å². The van der Waals surface area contributed by atoms with Crippen molar-refractivity contribution in [2.45, 2.75) is 6.92 Å². The largest absolute Gasteiger partial charge is 0.475 e. The van der Waals surface area contributed by atoms with Crippen molar-refractivity contribution < 1.29 is 19.5 Å².